The number of carbonyl (C=O) groups is 2. The van der Waals surface area contributed by atoms with E-state index >= 15 is 0 Å². The molecule has 1 fully saturated rings. The number of hydrogen-bond donors (Lipinski definition) is 1. The number of nitrogens with zero attached hydrogens (tertiary/aromatic N) is 1. The third kappa shape index (κ3) is 2.94. The molecular weight excluding hydrogens is 194 g/mol. The topological polar surface area (TPSA) is 57.6 Å². The highest BCUT2D eigenvalue weighted by molar-refractivity contribution is 5.82. The minimum atomic E-state index is -0.855. The summed E-state index contributed by atoms with van der Waals surface area (Å²) in [5.74, 6) is -0.757. The smallest absolute Gasteiger partial charge is 0.305 e. The number of carboxylic acids is 1. The zero-order valence-electron chi connectivity index (χ0n) is 9.45. The third-order valence-electron chi connectivity index (χ3n) is 3.23. The van der Waals surface area contributed by atoms with Gasteiger partial charge in [0.2, 0.25) is 5.91 Å². The summed E-state index contributed by atoms with van der Waals surface area (Å²) in [6.45, 7) is 2.29. The Kier molecular flexibility index (Phi) is 3.72. The van der Waals surface area contributed by atoms with Crippen molar-refractivity contribution in [3.05, 3.63) is 0 Å². The van der Waals surface area contributed by atoms with Gasteiger partial charge in [-0.1, -0.05) is 19.8 Å². The summed E-state index contributed by atoms with van der Waals surface area (Å²) in [7, 11) is 1.69. The van der Waals surface area contributed by atoms with E-state index in [9.17, 15) is 9.59 Å². The largest absolute Gasteiger partial charge is 0.481 e. The molecule has 0 aromatic carbocycles. The second-order valence-corrected chi connectivity index (χ2v) is 4.64. The summed E-state index contributed by atoms with van der Waals surface area (Å²) < 4.78 is 0. The molecule has 0 aromatic rings. The van der Waals surface area contributed by atoms with Gasteiger partial charge in [-0.15, -0.1) is 0 Å². The maximum atomic E-state index is 12.0. The van der Waals surface area contributed by atoms with Gasteiger partial charge in [-0.3, -0.25) is 9.59 Å². The van der Waals surface area contributed by atoms with Crippen LogP contribution in [0.15, 0.2) is 0 Å². The fourth-order valence-corrected chi connectivity index (χ4v) is 2.19. The van der Waals surface area contributed by atoms with E-state index in [1.807, 2.05) is 6.92 Å². The van der Waals surface area contributed by atoms with Crippen LogP contribution in [0.5, 0.6) is 0 Å². The Morgan fingerprint density at radius 2 is 1.87 bits per heavy atom. The summed E-state index contributed by atoms with van der Waals surface area (Å²) in [5, 5.41) is 8.54. The van der Waals surface area contributed by atoms with Gasteiger partial charge in [0.1, 0.15) is 0 Å². The highest BCUT2D eigenvalue weighted by Crippen LogP contribution is 2.38. The molecule has 0 aromatic heterocycles. The zero-order valence-corrected chi connectivity index (χ0v) is 9.45. The van der Waals surface area contributed by atoms with Crippen LogP contribution in [0.2, 0.25) is 0 Å². The predicted molar refractivity (Wildman–Crippen MR) is 56.5 cm³/mol. The second kappa shape index (κ2) is 4.64. The molecule has 0 spiro atoms. The number of hydrogen-bond acceptors (Lipinski definition) is 2. The van der Waals surface area contributed by atoms with Crippen LogP contribution >= 0.6 is 0 Å². The first-order chi connectivity index (χ1) is 6.96. The molecule has 4 heteroatoms. The molecule has 15 heavy (non-hydrogen) atoms. The fraction of sp³-hybridized carbons (Fsp3) is 0.818. The normalized spacial score (nSPS) is 18.8. The van der Waals surface area contributed by atoms with Gasteiger partial charge in [-0.2, -0.15) is 0 Å². The van der Waals surface area contributed by atoms with Crippen molar-refractivity contribution in [2.24, 2.45) is 5.41 Å². The van der Waals surface area contributed by atoms with E-state index in [1.165, 1.54) is 0 Å². The van der Waals surface area contributed by atoms with Crippen molar-refractivity contribution in [2.75, 3.05) is 13.6 Å². The molecule has 0 radical (unpaired) electrons. The van der Waals surface area contributed by atoms with Crippen LogP contribution in [-0.4, -0.2) is 35.5 Å². The number of carbonyl (C=O) groups excluding carboxylic acids is 1. The lowest BCUT2D eigenvalue weighted by molar-refractivity contribution is -0.141. The quantitative estimate of drug-likeness (QED) is 0.770. The predicted octanol–water partition coefficient (Wildman–Crippen LogP) is 1.50. The Morgan fingerprint density at radius 3 is 2.33 bits per heavy atom. The highest BCUT2D eigenvalue weighted by Gasteiger charge is 2.37. The van der Waals surface area contributed by atoms with Gasteiger partial charge in [0, 0.05) is 19.0 Å². The van der Waals surface area contributed by atoms with Crippen LogP contribution in [0.1, 0.15) is 39.0 Å². The molecule has 0 heterocycles. The molecule has 0 bridgehead atoms. The van der Waals surface area contributed by atoms with Gasteiger partial charge in [-0.25, -0.2) is 0 Å². The molecule has 4 nitrogen and oxygen atoms in total. The Morgan fingerprint density at radius 1 is 1.33 bits per heavy atom. The van der Waals surface area contributed by atoms with Gasteiger partial charge < -0.3 is 10.0 Å². The molecule has 0 aliphatic heterocycles. The first-order valence-corrected chi connectivity index (χ1v) is 5.43. The van der Waals surface area contributed by atoms with Gasteiger partial charge in [0.15, 0.2) is 0 Å². The molecular formula is C11H19NO3. The minimum absolute atomic E-state index is 0.0261. The first-order valence-electron chi connectivity index (χ1n) is 5.43. The van der Waals surface area contributed by atoms with Crippen molar-refractivity contribution in [1.82, 2.24) is 4.90 Å². The molecule has 1 amide bonds. The van der Waals surface area contributed by atoms with Crippen molar-refractivity contribution in [3.8, 4) is 0 Å². The molecule has 1 rings (SSSR count). The monoisotopic (exact) mass is 213 g/mol. The molecule has 0 unspecified atom stereocenters. The van der Waals surface area contributed by atoms with Crippen LogP contribution in [0.3, 0.4) is 0 Å². The third-order valence-corrected chi connectivity index (χ3v) is 3.23. The molecule has 0 saturated heterocycles. The van der Waals surface area contributed by atoms with E-state index in [1.54, 1.807) is 11.9 Å². The van der Waals surface area contributed by atoms with Gasteiger partial charge in [-0.05, 0) is 12.8 Å². The Balaban J connectivity index is 2.48. The van der Waals surface area contributed by atoms with Gasteiger partial charge in [0.25, 0.3) is 0 Å². The lowest BCUT2D eigenvalue weighted by atomic mass is 9.87. The summed E-state index contributed by atoms with van der Waals surface area (Å²) in [4.78, 5) is 24.0. The van der Waals surface area contributed by atoms with Crippen molar-refractivity contribution < 1.29 is 14.7 Å². The molecule has 1 N–H and O–H groups in total. The number of rotatable bonds is 4. The maximum absolute atomic E-state index is 12.0. The second-order valence-electron chi connectivity index (χ2n) is 4.64. The lowest BCUT2D eigenvalue weighted by Crippen LogP contribution is -2.39. The Labute approximate surface area is 90.3 Å². The number of carboxylic acid groups (broad SMARTS) is 1. The standard InChI is InChI=1S/C11H19NO3/c1-11(6-3-4-7-11)10(15)12(2)8-5-9(13)14/h3-8H2,1-2H3,(H,13,14). The summed E-state index contributed by atoms with van der Waals surface area (Å²) in [6, 6.07) is 0. The Hall–Kier alpha value is -1.06. The SMILES string of the molecule is CN(CCC(=O)O)C(=O)C1(C)CCCC1. The number of amides is 1. The molecule has 1 saturated carbocycles. The number of aliphatic carboxylic acids is 1. The van der Waals surface area contributed by atoms with E-state index in [0.717, 1.165) is 25.7 Å². The molecule has 0 atom stereocenters. The average Bonchev–Trinajstić information content (AvgIpc) is 2.61. The Bertz CT molecular complexity index is 257. The van der Waals surface area contributed by atoms with Crippen LogP contribution in [0, 0.1) is 5.41 Å². The van der Waals surface area contributed by atoms with Crippen molar-refractivity contribution in [3.63, 3.8) is 0 Å². The van der Waals surface area contributed by atoms with E-state index in [2.05, 4.69) is 0 Å². The van der Waals surface area contributed by atoms with Crippen LogP contribution in [-0.2, 0) is 9.59 Å². The van der Waals surface area contributed by atoms with E-state index in [4.69, 9.17) is 5.11 Å². The van der Waals surface area contributed by atoms with Crippen LogP contribution in [0.25, 0.3) is 0 Å². The average molecular weight is 213 g/mol. The van der Waals surface area contributed by atoms with E-state index < -0.39 is 5.97 Å². The van der Waals surface area contributed by atoms with E-state index in [0.29, 0.717) is 6.54 Å². The zero-order chi connectivity index (χ0) is 11.5. The summed E-state index contributed by atoms with van der Waals surface area (Å²) in [5.41, 5.74) is -0.243. The van der Waals surface area contributed by atoms with E-state index in [-0.39, 0.29) is 17.7 Å². The summed E-state index contributed by atoms with van der Waals surface area (Å²) >= 11 is 0. The summed E-state index contributed by atoms with van der Waals surface area (Å²) in [6.07, 6.45) is 4.11. The lowest BCUT2D eigenvalue weighted by Gasteiger charge is -2.28. The van der Waals surface area contributed by atoms with Gasteiger partial charge >= 0.3 is 5.97 Å². The van der Waals surface area contributed by atoms with Gasteiger partial charge in [0.05, 0.1) is 6.42 Å². The molecule has 1 aliphatic carbocycles. The van der Waals surface area contributed by atoms with Crippen molar-refractivity contribution in [1.29, 1.82) is 0 Å². The van der Waals surface area contributed by atoms with Crippen LogP contribution < -0.4 is 0 Å². The van der Waals surface area contributed by atoms with Crippen LogP contribution in [0.4, 0.5) is 0 Å². The van der Waals surface area contributed by atoms with Crippen molar-refractivity contribution >= 4 is 11.9 Å². The minimum Gasteiger partial charge on any atom is -0.481 e. The molecule has 1 aliphatic rings. The van der Waals surface area contributed by atoms with Crippen molar-refractivity contribution in [2.45, 2.75) is 39.0 Å². The maximum Gasteiger partial charge on any atom is 0.305 e. The first kappa shape index (κ1) is 12.0. The fourth-order valence-electron chi connectivity index (χ4n) is 2.19. The molecule has 86 valence electrons. The highest BCUT2D eigenvalue weighted by atomic mass is 16.4.